The van der Waals surface area contributed by atoms with Crippen LogP contribution >= 0.6 is 11.3 Å². The number of hydrogen-bond donors (Lipinski definition) is 0. The number of nitrogens with zero attached hydrogens (tertiary/aromatic N) is 2. The van der Waals surface area contributed by atoms with Crippen molar-refractivity contribution in [3.63, 3.8) is 0 Å². The molecule has 0 spiro atoms. The van der Waals surface area contributed by atoms with E-state index in [-0.39, 0.29) is 6.10 Å². The van der Waals surface area contributed by atoms with Gasteiger partial charge in [-0.25, -0.2) is 4.98 Å². The van der Waals surface area contributed by atoms with Gasteiger partial charge in [-0.15, -0.1) is 11.3 Å². The molecule has 1 unspecified atom stereocenters. The molecule has 1 aromatic heterocycles. The maximum Gasteiger partial charge on any atom is 0.122 e. The molecule has 1 aliphatic rings. The van der Waals surface area contributed by atoms with Crippen LogP contribution in [0.5, 0.6) is 0 Å². The molecule has 3 nitrogen and oxygen atoms in total. The van der Waals surface area contributed by atoms with E-state index in [0.717, 1.165) is 47.9 Å². The topological polar surface area (TPSA) is 45.9 Å². The fraction of sp³-hybridized carbons (Fsp3) is 0.667. The van der Waals surface area contributed by atoms with E-state index in [0.29, 0.717) is 6.42 Å². The van der Waals surface area contributed by atoms with E-state index in [2.05, 4.69) is 18.0 Å². The van der Waals surface area contributed by atoms with Crippen molar-refractivity contribution in [3.8, 4) is 6.07 Å². The smallest absolute Gasteiger partial charge is 0.122 e. The summed E-state index contributed by atoms with van der Waals surface area (Å²) in [6.07, 6.45) is 4.92. The van der Waals surface area contributed by atoms with Gasteiger partial charge in [0.15, 0.2) is 0 Å². The maximum absolute atomic E-state index is 8.78. The van der Waals surface area contributed by atoms with Crippen LogP contribution in [0.25, 0.3) is 0 Å². The lowest BCUT2D eigenvalue weighted by Gasteiger charge is -2.03. The number of aromatic nitrogens is 1. The van der Waals surface area contributed by atoms with Crippen molar-refractivity contribution in [2.75, 3.05) is 6.61 Å². The summed E-state index contributed by atoms with van der Waals surface area (Å²) in [7, 11) is 0. The second-order valence-corrected chi connectivity index (χ2v) is 5.12. The van der Waals surface area contributed by atoms with Crippen LogP contribution in [0.2, 0.25) is 0 Å². The van der Waals surface area contributed by atoms with Gasteiger partial charge in [0.05, 0.1) is 18.2 Å². The summed E-state index contributed by atoms with van der Waals surface area (Å²) in [4.78, 5) is 5.78. The molecule has 1 saturated heterocycles. The van der Waals surface area contributed by atoms with Crippen LogP contribution in [0, 0.1) is 11.3 Å². The zero-order valence-corrected chi connectivity index (χ0v) is 10.3. The summed E-state index contributed by atoms with van der Waals surface area (Å²) in [5, 5.41) is 9.86. The van der Waals surface area contributed by atoms with E-state index < -0.39 is 0 Å². The number of aryl methyl sites for hydroxylation is 1. The van der Waals surface area contributed by atoms with Crippen LogP contribution in [-0.4, -0.2) is 11.6 Å². The van der Waals surface area contributed by atoms with Crippen molar-refractivity contribution in [1.29, 1.82) is 5.26 Å². The fourth-order valence-electron chi connectivity index (χ4n) is 1.96. The Morgan fingerprint density at radius 1 is 1.62 bits per heavy atom. The van der Waals surface area contributed by atoms with Crippen LogP contribution in [0.1, 0.15) is 47.9 Å². The van der Waals surface area contributed by atoms with Gasteiger partial charge < -0.3 is 4.74 Å². The van der Waals surface area contributed by atoms with Gasteiger partial charge in [0.2, 0.25) is 0 Å². The maximum atomic E-state index is 8.78. The Balaban J connectivity index is 2.19. The van der Waals surface area contributed by atoms with E-state index >= 15 is 0 Å². The summed E-state index contributed by atoms with van der Waals surface area (Å²) in [5.74, 6) is 0. The lowest BCUT2D eigenvalue weighted by atomic mass is 10.2. The van der Waals surface area contributed by atoms with E-state index in [9.17, 15) is 0 Å². The van der Waals surface area contributed by atoms with Gasteiger partial charge in [0.25, 0.3) is 0 Å². The van der Waals surface area contributed by atoms with E-state index in [4.69, 9.17) is 10.00 Å². The molecule has 2 rings (SSSR count). The average molecular weight is 236 g/mol. The first kappa shape index (κ1) is 11.6. The summed E-state index contributed by atoms with van der Waals surface area (Å²) in [6.45, 7) is 2.99. The lowest BCUT2D eigenvalue weighted by Crippen LogP contribution is -1.95. The van der Waals surface area contributed by atoms with Gasteiger partial charge in [-0.05, 0) is 19.3 Å². The highest BCUT2D eigenvalue weighted by Crippen LogP contribution is 2.33. The Bertz CT molecular complexity index is 388. The molecule has 1 aromatic rings. The van der Waals surface area contributed by atoms with Crippen molar-refractivity contribution in [2.24, 2.45) is 0 Å². The first-order valence-electron chi connectivity index (χ1n) is 5.82. The number of ether oxygens (including phenoxy) is 1. The normalized spacial score (nSPS) is 19.9. The first-order valence-corrected chi connectivity index (χ1v) is 6.63. The quantitative estimate of drug-likeness (QED) is 0.807. The van der Waals surface area contributed by atoms with Gasteiger partial charge in [0, 0.05) is 11.5 Å². The summed E-state index contributed by atoms with van der Waals surface area (Å²) >= 11 is 1.66. The highest BCUT2D eigenvalue weighted by atomic mass is 32.1. The zero-order valence-electron chi connectivity index (χ0n) is 9.53. The van der Waals surface area contributed by atoms with E-state index in [1.54, 1.807) is 11.3 Å². The third kappa shape index (κ3) is 2.42. The molecule has 1 atom stereocenters. The molecule has 1 fully saturated rings. The molecule has 0 aliphatic carbocycles. The average Bonchev–Trinajstić information content (AvgIpc) is 2.89. The standard InChI is InChI=1S/C12H16N2OS/c1-2-4-9-11(6-7-13)16-12(14-9)10-5-3-8-15-10/h10H,2-6,8H2,1H3. The number of hydrogen-bond acceptors (Lipinski definition) is 4. The Morgan fingerprint density at radius 2 is 2.50 bits per heavy atom. The summed E-state index contributed by atoms with van der Waals surface area (Å²) in [5.41, 5.74) is 1.11. The highest BCUT2D eigenvalue weighted by molar-refractivity contribution is 7.11. The van der Waals surface area contributed by atoms with Crippen molar-refractivity contribution in [1.82, 2.24) is 4.98 Å². The van der Waals surface area contributed by atoms with Crippen LogP contribution < -0.4 is 0 Å². The molecule has 2 heterocycles. The first-order chi connectivity index (χ1) is 7.85. The van der Waals surface area contributed by atoms with E-state index in [1.807, 2.05) is 0 Å². The van der Waals surface area contributed by atoms with Crippen LogP contribution in [0.3, 0.4) is 0 Å². The number of nitriles is 1. The molecule has 0 amide bonds. The summed E-state index contributed by atoms with van der Waals surface area (Å²) in [6, 6.07) is 2.22. The molecule has 4 heteroatoms. The third-order valence-electron chi connectivity index (χ3n) is 2.73. The van der Waals surface area contributed by atoms with Crippen molar-refractivity contribution in [2.45, 2.75) is 45.1 Å². The largest absolute Gasteiger partial charge is 0.371 e. The van der Waals surface area contributed by atoms with Crippen LogP contribution in [0.4, 0.5) is 0 Å². The summed E-state index contributed by atoms with van der Waals surface area (Å²) < 4.78 is 5.63. The molecule has 0 aromatic carbocycles. The zero-order chi connectivity index (χ0) is 11.4. The number of thiazole rings is 1. The molecule has 86 valence electrons. The predicted octanol–water partition coefficient (Wildman–Crippen LogP) is 3.01. The van der Waals surface area contributed by atoms with E-state index in [1.165, 1.54) is 0 Å². The van der Waals surface area contributed by atoms with Crippen LogP contribution in [0.15, 0.2) is 0 Å². The highest BCUT2D eigenvalue weighted by Gasteiger charge is 2.22. The monoisotopic (exact) mass is 236 g/mol. The minimum Gasteiger partial charge on any atom is -0.371 e. The van der Waals surface area contributed by atoms with Gasteiger partial charge in [-0.2, -0.15) is 5.26 Å². The minimum atomic E-state index is 0.188. The van der Waals surface area contributed by atoms with Gasteiger partial charge >= 0.3 is 0 Å². The molecule has 0 radical (unpaired) electrons. The third-order valence-corrected chi connectivity index (χ3v) is 3.92. The second-order valence-electron chi connectivity index (χ2n) is 4.01. The Hall–Kier alpha value is -0.920. The molecule has 0 saturated carbocycles. The Labute approximate surface area is 100 Å². The number of rotatable bonds is 4. The predicted molar refractivity (Wildman–Crippen MR) is 63.4 cm³/mol. The fourth-order valence-corrected chi connectivity index (χ4v) is 3.08. The molecule has 1 aliphatic heterocycles. The molecule has 16 heavy (non-hydrogen) atoms. The Morgan fingerprint density at radius 3 is 3.12 bits per heavy atom. The second kappa shape index (κ2) is 5.42. The van der Waals surface area contributed by atoms with Gasteiger partial charge in [-0.3, -0.25) is 0 Å². The molecular weight excluding hydrogens is 220 g/mol. The minimum absolute atomic E-state index is 0.188. The van der Waals surface area contributed by atoms with Crippen LogP contribution in [-0.2, 0) is 17.6 Å². The lowest BCUT2D eigenvalue weighted by molar-refractivity contribution is 0.111. The van der Waals surface area contributed by atoms with Crippen molar-refractivity contribution >= 4 is 11.3 Å². The molecule has 0 bridgehead atoms. The Kier molecular flexibility index (Phi) is 3.92. The van der Waals surface area contributed by atoms with Gasteiger partial charge in [0.1, 0.15) is 11.1 Å². The van der Waals surface area contributed by atoms with Gasteiger partial charge in [-0.1, -0.05) is 13.3 Å². The molecular formula is C12H16N2OS. The van der Waals surface area contributed by atoms with Crippen molar-refractivity contribution in [3.05, 3.63) is 15.6 Å². The SMILES string of the molecule is CCCc1nc(C2CCCO2)sc1CC#N. The van der Waals surface area contributed by atoms with Crippen molar-refractivity contribution < 1.29 is 4.74 Å². The molecule has 0 N–H and O–H groups in total.